The number of halogens is 3. The van der Waals surface area contributed by atoms with E-state index in [4.69, 9.17) is 21.1 Å². The summed E-state index contributed by atoms with van der Waals surface area (Å²) in [6.07, 6.45) is -1.19. The summed E-state index contributed by atoms with van der Waals surface area (Å²) in [6, 6.07) is 6.28. The van der Waals surface area contributed by atoms with Gasteiger partial charge in [-0.1, -0.05) is 17.7 Å². The molecule has 0 amide bonds. The highest BCUT2D eigenvalue weighted by Crippen LogP contribution is 2.39. The molecule has 2 aromatic rings. The second-order valence-electron chi connectivity index (χ2n) is 4.59. The van der Waals surface area contributed by atoms with Crippen molar-refractivity contribution in [2.75, 3.05) is 13.2 Å². The molecule has 0 spiro atoms. The molecular formula is C15H11ClF2O3. The predicted molar refractivity (Wildman–Crippen MR) is 72.9 cm³/mol. The van der Waals surface area contributed by atoms with Gasteiger partial charge in [0.05, 0.1) is 5.02 Å². The number of hydrogen-bond acceptors (Lipinski definition) is 3. The van der Waals surface area contributed by atoms with Crippen molar-refractivity contribution in [3.63, 3.8) is 0 Å². The SMILES string of the molecule is OC(c1ccc(F)c(F)c1)c1cc2c(cc1Cl)OCCO2. The Balaban J connectivity index is 2.00. The molecular weight excluding hydrogens is 302 g/mol. The van der Waals surface area contributed by atoms with Crippen LogP contribution >= 0.6 is 11.6 Å². The van der Waals surface area contributed by atoms with Crippen LogP contribution in [0.5, 0.6) is 11.5 Å². The van der Waals surface area contributed by atoms with Gasteiger partial charge in [-0.25, -0.2) is 8.78 Å². The van der Waals surface area contributed by atoms with Crippen LogP contribution in [0.15, 0.2) is 30.3 Å². The lowest BCUT2D eigenvalue weighted by Gasteiger charge is -2.21. The van der Waals surface area contributed by atoms with E-state index in [0.29, 0.717) is 30.3 Å². The van der Waals surface area contributed by atoms with E-state index in [9.17, 15) is 13.9 Å². The Morgan fingerprint density at radius 3 is 2.33 bits per heavy atom. The zero-order chi connectivity index (χ0) is 15.0. The van der Waals surface area contributed by atoms with Crippen LogP contribution in [0.1, 0.15) is 17.2 Å². The van der Waals surface area contributed by atoms with E-state index >= 15 is 0 Å². The highest BCUT2D eigenvalue weighted by atomic mass is 35.5. The van der Waals surface area contributed by atoms with Crippen LogP contribution < -0.4 is 9.47 Å². The van der Waals surface area contributed by atoms with Gasteiger partial charge in [-0.2, -0.15) is 0 Å². The summed E-state index contributed by atoms with van der Waals surface area (Å²) in [5, 5.41) is 10.6. The van der Waals surface area contributed by atoms with Gasteiger partial charge >= 0.3 is 0 Å². The Morgan fingerprint density at radius 2 is 1.67 bits per heavy atom. The Kier molecular flexibility index (Phi) is 3.69. The fourth-order valence-corrected chi connectivity index (χ4v) is 2.41. The lowest BCUT2D eigenvalue weighted by atomic mass is 10.0. The largest absolute Gasteiger partial charge is 0.486 e. The van der Waals surface area contributed by atoms with Crippen LogP contribution in [0.4, 0.5) is 8.78 Å². The normalized spacial score (nSPS) is 14.9. The third-order valence-corrected chi connectivity index (χ3v) is 3.54. The van der Waals surface area contributed by atoms with Gasteiger partial charge in [0.1, 0.15) is 19.3 Å². The van der Waals surface area contributed by atoms with Crippen LogP contribution in [-0.2, 0) is 0 Å². The smallest absolute Gasteiger partial charge is 0.162 e. The molecule has 2 aromatic carbocycles. The monoisotopic (exact) mass is 312 g/mol. The zero-order valence-electron chi connectivity index (χ0n) is 10.8. The van der Waals surface area contributed by atoms with Crippen molar-refractivity contribution in [3.8, 4) is 11.5 Å². The molecule has 0 saturated carbocycles. The summed E-state index contributed by atoms with van der Waals surface area (Å²) in [5.74, 6) is -1.05. The molecule has 0 radical (unpaired) electrons. The van der Waals surface area contributed by atoms with Crippen LogP contribution in [0.2, 0.25) is 5.02 Å². The van der Waals surface area contributed by atoms with Crippen LogP contribution in [0.25, 0.3) is 0 Å². The molecule has 1 aliphatic rings. The second kappa shape index (κ2) is 5.50. The Morgan fingerprint density at radius 1 is 1.00 bits per heavy atom. The third kappa shape index (κ3) is 2.66. The maximum absolute atomic E-state index is 13.3. The molecule has 110 valence electrons. The van der Waals surface area contributed by atoms with Gasteiger partial charge in [0.2, 0.25) is 0 Å². The lowest BCUT2D eigenvalue weighted by molar-refractivity contribution is 0.169. The highest BCUT2D eigenvalue weighted by molar-refractivity contribution is 6.31. The Hall–Kier alpha value is -1.85. The summed E-state index contributed by atoms with van der Waals surface area (Å²) < 4.78 is 37.0. The van der Waals surface area contributed by atoms with Crippen LogP contribution in [0, 0.1) is 11.6 Å². The fourth-order valence-electron chi connectivity index (χ4n) is 2.15. The summed E-state index contributed by atoms with van der Waals surface area (Å²) >= 11 is 6.11. The molecule has 1 unspecified atom stereocenters. The minimum atomic E-state index is -1.19. The molecule has 1 aliphatic heterocycles. The molecule has 1 N–H and O–H groups in total. The number of fused-ring (bicyclic) bond motifs is 1. The van der Waals surface area contributed by atoms with E-state index < -0.39 is 17.7 Å². The molecule has 0 saturated heterocycles. The van der Waals surface area contributed by atoms with E-state index in [1.807, 2.05) is 0 Å². The lowest BCUT2D eigenvalue weighted by Crippen LogP contribution is -2.16. The molecule has 0 fully saturated rings. The van der Waals surface area contributed by atoms with Gasteiger partial charge in [0.15, 0.2) is 23.1 Å². The number of rotatable bonds is 2. The Bertz CT molecular complexity index is 691. The van der Waals surface area contributed by atoms with Gasteiger partial charge in [-0.15, -0.1) is 0 Å². The van der Waals surface area contributed by atoms with Crippen LogP contribution in [-0.4, -0.2) is 18.3 Å². The minimum absolute atomic E-state index is 0.201. The van der Waals surface area contributed by atoms with E-state index in [0.717, 1.165) is 12.1 Å². The number of benzene rings is 2. The van der Waals surface area contributed by atoms with Crippen molar-refractivity contribution in [2.45, 2.75) is 6.10 Å². The van der Waals surface area contributed by atoms with Gasteiger partial charge in [0, 0.05) is 11.6 Å². The topological polar surface area (TPSA) is 38.7 Å². The summed E-state index contributed by atoms with van der Waals surface area (Å²) in [7, 11) is 0. The van der Waals surface area contributed by atoms with E-state index in [1.54, 1.807) is 6.07 Å². The van der Waals surface area contributed by atoms with E-state index in [-0.39, 0.29) is 10.6 Å². The number of aliphatic hydroxyl groups excluding tert-OH is 1. The van der Waals surface area contributed by atoms with Crippen molar-refractivity contribution < 1.29 is 23.4 Å². The first-order valence-electron chi connectivity index (χ1n) is 6.28. The maximum atomic E-state index is 13.3. The van der Waals surface area contributed by atoms with Crippen molar-refractivity contribution in [3.05, 3.63) is 58.1 Å². The molecule has 3 nitrogen and oxygen atoms in total. The third-order valence-electron chi connectivity index (χ3n) is 3.22. The summed E-state index contributed by atoms with van der Waals surface area (Å²) in [5.41, 5.74) is 0.541. The number of aliphatic hydroxyl groups is 1. The standard InChI is InChI=1S/C15H11ClF2O3/c16-10-7-14-13(20-3-4-21-14)6-9(10)15(19)8-1-2-11(17)12(18)5-8/h1-2,5-7,15,19H,3-4H2. The summed E-state index contributed by atoms with van der Waals surface area (Å²) in [6.45, 7) is 0.823. The first-order chi connectivity index (χ1) is 10.1. The number of ether oxygens (including phenoxy) is 2. The summed E-state index contributed by atoms with van der Waals surface area (Å²) in [4.78, 5) is 0. The molecule has 0 aromatic heterocycles. The average Bonchev–Trinajstić information content (AvgIpc) is 2.48. The van der Waals surface area contributed by atoms with E-state index in [2.05, 4.69) is 0 Å². The molecule has 1 atom stereocenters. The highest BCUT2D eigenvalue weighted by Gasteiger charge is 2.21. The van der Waals surface area contributed by atoms with Gasteiger partial charge in [-0.3, -0.25) is 0 Å². The van der Waals surface area contributed by atoms with Gasteiger partial charge in [-0.05, 0) is 23.8 Å². The molecule has 3 rings (SSSR count). The van der Waals surface area contributed by atoms with Crippen molar-refractivity contribution in [1.29, 1.82) is 0 Å². The minimum Gasteiger partial charge on any atom is -0.486 e. The van der Waals surface area contributed by atoms with Crippen molar-refractivity contribution >= 4 is 11.6 Å². The number of hydrogen-bond donors (Lipinski definition) is 1. The first-order valence-corrected chi connectivity index (χ1v) is 6.66. The quantitative estimate of drug-likeness (QED) is 0.923. The van der Waals surface area contributed by atoms with Crippen LogP contribution in [0.3, 0.4) is 0 Å². The Labute approximate surface area is 124 Å². The molecule has 21 heavy (non-hydrogen) atoms. The molecule has 1 heterocycles. The molecule has 6 heteroatoms. The molecule has 0 bridgehead atoms. The van der Waals surface area contributed by atoms with Gasteiger partial charge in [0.25, 0.3) is 0 Å². The maximum Gasteiger partial charge on any atom is 0.162 e. The van der Waals surface area contributed by atoms with Crippen molar-refractivity contribution in [1.82, 2.24) is 0 Å². The van der Waals surface area contributed by atoms with Crippen molar-refractivity contribution in [2.24, 2.45) is 0 Å². The van der Waals surface area contributed by atoms with E-state index in [1.165, 1.54) is 12.1 Å². The zero-order valence-corrected chi connectivity index (χ0v) is 11.5. The first kappa shape index (κ1) is 14.1. The van der Waals surface area contributed by atoms with Gasteiger partial charge < -0.3 is 14.6 Å². The fraction of sp³-hybridized carbons (Fsp3) is 0.200. The average molecular weight is 313 g/mol. The molecule has 0 aliphatic carbocycles. The predicted octanol–water partition coefficient (Wildman–Crippen LogP) is 3.47. The second-order valence-corrected chi connectivity index (χ2v) is 5.00.